The van der Waals surface area contributed by atoms with Crippen LogP contribution < -0.4 is 5.32 Å². The Bertz CT molecular complexity index is 869. The van der Waals surface area contributed by atoms with Crippen LogP contribution in [0.3, 0.4) is 0 Å². The minimum Gasteiger partial charge on any atom is -0.385 e. The Hall–Kier alpha value is -2.21. The molecule has 0 aromatic heterocycles. The second-order valence-corrected chi connectivity index (χ2v) is 6.62. The third-order valence-corrected chi connectivity index (χ3v) is 4.52. The Morgan fingerprint density at radius 1 is 1.42 bits per heavy atom. The number of carbonyl (C=O) groups excluding carboxylic acids is 3. The van der Waals surface area contributed by atoms with E-state index in [4.69, 9.17) is 6.85 Å². The number of Topliss-reactive ketones (excluding diaryl/α,β-unsaturated/α-hetero) is 1. The fourth-order valence-electron chi connectivity index (χ4n) is 2.87. The van der Waals surface area contributed by atoms with Gasteiger partial charge in [-0.1, -0.05) is 45.0 Å². The van der Waals surface area contributed by atoms with E-state index < -0.39 is 48.9 Å². The van der Waals surface area contributed by atoms with Gasteiger partial charge in [-0.3, -0.25) is 14.4 Å². The van der Waals surface area contributed by atoms with Crippen LogP contribution in [0.4, 0.5) is 0 Å². The molecule has 4 atom stereocenters. The number of nitrogens with one attached hydrogen (secondary N) is 1. The van der Waals surface area contributed by atoms with Crippen molar-refractivity contribution in [2.45, 2.75) is 45.7 Å². The lowest BCUT2D eigenvalue weighted by Crippen LogP contribution is -2.43. The largest absolute Gasteiger partial charge is 0.385 e. The Balaban J connectivity index is 2.22. The maximum absolute atomic E-state index is 12.9. The molecule has 1 aromatic rings. The first kappa shape index (κ1) is 13.9. The average Bonchev–Trinajstić information content (AvgIpc) is 2.78. The molecule has 0 spiro atoms. The number of hydrogen-bond donors (Lipinski definition) is 2. The van der Waals surface area contributed by atoms with E-state index >= 15 is 0 Å². The molecule has 6 nitrogen and oxygen atoms in total. The molecule has 0 bridgehead atoms. The molecule has 26 heavy (non-hydrogen) atoms. The first-order valence-electron chi connectivity index (χ1n) is 10.9. The van der Waals surface area contributed by atoms with Gasteiger partial charge in [0.2, 0.25) is 11.8 Å². The highest BCUT2D eigenvalue weighted by molar-refractivity contribution is 5.92. The summed E-state index contributed by atoms with van der Waals surface area (Å²) >= 11 is 0. The van der Waals surface area contributed by atoms with Crippen molar-refractivity contribution < 1.29 is 26.3 Å². The van der Waals surface area contributed by atoms with Crippen LogP contribution in [0.5, 0.6) is 0 Å². The molecule has 1 aromatic carbocycles. The van der Waals surface area contributed by atoms with E-state index in [9.17, 15) is 19.5 Å². The SMILES string of the molecule is [2H]C([2H])([2H])C([2H])(C)[C@H](O)C(=O)C[C@@]([2H])(C)C(=O)N[C@@H]1C(=O)N(C)CCc2ccccc21. The maximum atomic E-state index is 12.9. The molecule has 1 unspecified atom stereocenters. The molecule has 2 N–H and O–H groups in total. The van der Waals surface area contributed by atoms with Crippen LogP contribution >= 0.6 is 0 Å². The highest BCUT2D eigenvalue weighted by Gasteiger charge is 2.32. The second-order valence-electron chi connectivity index (χ2n) is 6.62. The average molecular weight is 365 g/mol. The number of rotatable bonds is 6. The lowest BCUT2D eigenvalue weighted by molar-refractivity contribution is -0.137. The smallest absolute Gasteiger partial charge is 0.249 e. The van der Waals surface area contributed by atoms with Crippen molar-refractivity contribution in [2.24, 2.45) is 11.8 Å². The van der Waals surface area contributed by atoms with E-state index in [0.29, 0.717) is 18.5 Å². The molecule has 1 heterocycles. The van der Waals surface area contributed by atoms with Crippen molar-refractivity contribution in [3.63, 3.8) is 0 Å². The van der Waals surface area contributed by atoms with E-state index in [1.54, 1.807) is 19.2 Å². The molecule has 6 heteroatoms. The van der Waals surface area contributed by atoms with Gasteiger partial charge in [0, 0.05) is 32.8 Å². The van der Waals surface area contributed by atoms with Crippen molar-refractivity contribution >= 4 is 17.6 Å². The number of nitrogens with zero attached hydrogens (tertiary/aromatic N) is 1. The fraction of sp³-hybridized carbons (Fsp3) is 0.550. The van der Waals surface area contributed by atoms with Crippen LogP contribution in [0, 0.1) is 11.8 Å². The summed E-state index contributed by atoms with van der Waals surface area (Å²) in [5.74, 6) is -6.97. The van der Waals surface area contributed by atoms with E-state index in [2.05, 4.69) is 5.32 Å². The van der Waals surface area contributed by atoms with E-state index in [0.717, 1.165) is 19.4 Å². The van der Waals surface area contributed by atoms with Gasteiger partial charge in [-0.25, -0.2) is 0 Å². The topological polar surface area (TPSA) is 86.7 Å². The molecule has 142 valence electrons. The number of benzene rings is 1. The fourth-order valence-corrected chi connectivity index (χ4v) is 2.87. The monoisotopic (exact) mass is 365 g/mol. The third-order valence-electron chi connectivity index (χ3n) is 4.52. The minimum absolute atomic E-state index is 0.360. The van der Waals surface area contributed by atoms with E-state index in [1.807, 2.05) is 12.1 Å². The summed E-state index contributed by atoms with van der Waals surface area (Å²) in [6, 6.07) is 6.09. The second kappa shape index (κ2) is 8.45. The predicted molar refractivity (Wildman–Crippen MR) is 98.3 cm³/mol. The predicted octanol–water partition coefficient (Wildman–Crippen LogP) is 1.47. The molecule has 2 rings (SSSR count). The zero-order valence-corrected chi connectivity index (χ0v) is 15.2. The Morgan fingerprint density at radius 3 is 2.81 bits per heavy atom. The number of hydrogen-bond acceptors (Lipinski definition) is 4. The van der Waals surface area contributed by atoms with Crippen LogP contribution in [0.25, 0.3) is 0 Å². The van der Waals surface area contributed by atoms with Gasteiger partial charge < -0.3 is 15.3 Å². The Kier molecular flexibility index (Phi) is 4.52. The van der Waals surface area contributed by atoms with E-state index in [1.165, 1.54) is 4.90 Å². The zero-order chi connectivity index (χ0) is 23.8. The van der Waals surface area contributed by atoms with Crippen LogP contribution in [-0.2, 0) is 20.8 Å². The van der Waals surface area contributed by atoms with Gasteiger partial charge in [0.25, 0.3) is 0 Å². The highest BCUT2D eigenvalue weighted by Crippen LogP contribution is 2.25. The Morgan fingerprint density at radius 2 is 2.12 bits per heavy atom. The zero-order valence-electron chi connectivity index (χ0n) is 20.2. The summed E-state index contributed by atoms with van der Waals surface area (Å²) in [5, 5.41) is 12.7. The van der Waals surface area contributed by atoms with Crippen LogP contribution in [-0.4, -0.2) is 47.3 Å². The number of aliphatic hydroxyl groups excluding tert-OH is 1. The van der Waals surface area contributed by atoms with Gasteiger partial charge >= 0.3 is 0 Å². The summed E-state index contributed by atoms with van der Waals surface area (Å²) in [6.45, 7) is -0.437. The highest BCUT2D eigenvalue weighted by atomic mass is 16.3. The molecule has 0 fully saturated rings. The van der Waals surface area contributed by atoms with Crippen molar-refractivity contribution in [1.82, 2.24) is 10.2 Å². The van der Waals surface area contributed by atoms with Gasteiger partial charge in [-0.15, -0.1) is 0 Å². The first-order valence-corrected chi connectivity index (χ1v) is 8.44. The van der Waals surface area contributed by atoms with Gasteiger partial charge in [-0.2, -0.15) is 0 Å². The summed E-state index contributed by atoms with van der Waals surface area (Å²) < 4.78 is 38.2. The van der Waals surface area contributed by atoms with Gasteiger partial charge in [0.15, 0.2) is 5.78 Å². The Labute approximate surface area is 161 Å². The molecule has 0 saturated carbocycles. The van der Waals surface area contributed by atoms with Gasteiger partial charge in [0.1, 0.15) is 12.1 Å². The van der Waals surface area contributed by atoms with Crippen molar-refractivity contribution in [3.05, 3.63) is 35.4 Å². The van der Waals surface area contributed by atoms with Gasteiger partial charge in [-0.05, 0) is 23.4 Å². The van der Waals surface area contributed by atoms with Crippen molar-refractivity contribution in [1.29, 1.82) is 0 Å². The van der Waals surface area contributed by atoms with Crippen LogP contribution in [0.2, 0.25) is 0 Å². The molecular weight excluding hydrogens is 332 g/mol. The first-order chi connectivity index (χ1) is 14.1. The number of carbonyl (C=O) groups is 3. The summed E-state index contributed by atoms with van der Waals surface area (Å²) in [4.78, 5) is 39.5. The number of ketones is 1. The lowest BCUT2D eigenvalue weighted by Gasteiger charge is -2.24. The quantitative estimate of drug-likeness (QED) is 0.799. The number of fused-ring (bicyclic) bond motifs is 1. The maximum Gasteiger partial charge on any atom is 0.249 e. The summed E-state index contributed by atoms with van der Waals surface area (Å²) in [7, 11) is 1.61. The summed E-state index contributed by atoms with van der Waals surface area (Å²) in [6.07, 6.45) is -2.42. The normalized spacial score (nSPS) is 26.3. The van der Waals surface area contributed by atoms with Crippen LogP contribution in [0.1, 0.15) is 51.1 Å². The third kappa shape index (κ3) is 4.49. The number of aliphatic hydroxyl groups is 1. The summed E-state index contributed by atoms with van der Waals surface area (Å²) in [5.41, 5.74) is 1.49. The lowest BCUT2D eigenvalue weighted by atomic mass is 9.94. The number of likely N-dealkylation sites (N-methyl/N-ethyl adjacent to an activating group) is 1. The van der Waals surface area contributed by atoms with Crippen LogP contribution in [0.15, 0.2) is 24.3 Å². The molecular formula is C20H28N2O4. The molecule has 0 aliphatic carbocycles. The standard InChI is InChI=1S/C20H28N2O4/c1-12(2)18(24)16(23)11-13(3)19(25)21-17-15-8-6-5-7-14(15)9-10-22(4)20(17)26/h5-8,12-13,17-18,24H,9-11H2,1-4H3,(H,21,25)/t13-,17+,18+/m1/s1/i1D3,12D,13D/t12?,13-,17+,18+. The molecule has 1 aliphatic heterocycles. The minimum atomic E-state index is -2.94. The van der Waals surface area contributed by atoms with Gasteiger partial charge in [0.05, 0.1) is 0 Å². The molecule has 1 aliphatic rings. The van der Waals surface area contributed by atoms with Crippen molar-refractivity contribution in [2.75, 3.05) is 13.6 Å². The van der Waals surface area contributed by atoms with E-state index in [-0.39, 0.29) is 5.91 Å². The molecule has 0 radical (unpaired) electrons. The number of amides is 2. The molecule has 0 saturated heterocycles. The molecule has 2 amide bonds. The van der Waals surface area contributed by atoms with Crippen molar-refractivity contribution in [3.8, 4) is 0 Å².